The van der Waals surface area contributed by atoms with E-state index in [2.05, 4.69) is 5.32 Å². The van der Waals surface area contributed by atoms with E-state index in [0.29, 0.717) is 13.1 Å². The van der Waals surface area contributed by atoms with Crippen molar-refractivity contribution in [2.75, 3.05) is 20.1 Å². The van der Waals surface area contributed by atoms with Crippen LogP contribution in [-0.4, -0.2) is 41.9 Å². The van der Waals surface area contributed by atoms with Gasteiger partial charge in [-0.25, -0.2) is 0 Å². The Morgan fingerprint density at radius 1 is 1.55 bits per heavy atom. The highest BCUT2D eigenvalue weighted by molar-refractivity contribution is 6.31. The minimum Gasteiger partial charge on any atom is -0.337 e. The molecule has 1 N–H and O–H groups in total. The first-order valence-corrected chi connectivity index (χ1v) is 6.31. The van der Waals surface area contributed by atoms with Gasteiger partial charge in [0.1, 0.15) is 5.56 Å². The Hall–Kier alpha value is -1.37. The average Bonchev–Trinajstić information content (AvgIpc) is 2.86. The van der Waals surface area contributed by atoms with Crippen LogP contribution >= 0.6 is 24.0 Å². The number of carbonyl (C=O) groups is 1. The highest BCUT2D eigenvalue weighted by Crippen LogP contribution is 2.25. The maximum absolute atomic E-state index is 12.3. The molecule has 1 atom stereocenters. The Kier molecular flexibility index (Phi) is 5.74. The molecule has 1 heterocycles. The highest BCUT2D eigenvalue weighted by atomic mass is 35.5. The third kappa shape index (κ3) is 3.39. The molecule has 0 bridgehead atoms. The first kappa shape index (κ1) is 16.7. The highest BCUT2D eigenvalue weighted by Gasteiger charge is 2.30. The summed E-state index contributed by atoms with van der Waals surface area (Å²) >= 11 is 5.73. The third-order valence-electron chi connectivity index (χ3n) is 3.27. The van der Waals surface area contributed by atoms with Crippen LogP contribution < -0.4 is 5.32 Å². The van der Waals surface area contributed by atoms with E-state index in [9.17, 15) is 14.9 Å². The SMILES string of the molecule is CNC1CCN(C(=O)c2ccc(Cl)cc2[N+](=O)[O-])C1.Cl. The van der Waals surface area contributed by atoms with Gasteiger partial charge in [-0.1, -0.05) is 11.6 Å². The van der Waals surface area contributed by atoms with Crippen LogP contribution in [0.2, 0.25) is 5.02 Å². The van der Waals surface area contributed by atoms with Gasteiger partial charge in [0.05, 0.1) is 4.92 Å². The fourth-order valence-electron chi connectivity index (χ4n) is 2.19. The van der Waals surface area contributed by atoms with E-state index in [1.807, 2.05) is 7.05 Å². The number of nitrogens with one attached hydrogen (secondary N) is 1. The zero-order chi connectivity index (χ0) is 14.0. The lowest BCUT2D eigenvalue weighted by Crippen LogP contribution is -2.33. The first-order valence-electron chi connectivity index (χ1n) is 5.93. The second-order valence-corrected chi connectivity index (χ2v) is 4.88. The molecule has 0 aliphatic carbocycles. The van der Waals surface area contributed by atoms with Crippen molar-refractivity contribution in [1.82, 2.24) is 10.2 Å². The lowest BCUT2D eigenvalue weighted by molar-refractivity contribution is -0.385. The molecule has 1 aliphatic heterocycles. The molecule has 0 saturated carbocycles. The summed E-state index contributed by atoms with van der Waals surface area (Å²) in [5, 5.41) is 14.3. The zero-order valence-electron chi connectivity index (χ0n) is 10.8. The molecule has 2 rings (SSSR count). The molecular formula is C12H15Cl2N3O3. The predicted molar refractivity (Wildman–Crippen MR) is 78.7 cm³/mol. The molecular weight excluding hydrogens is 305 g/mol. The lowest BCUT2D eigenvalue weighted by Gasteiger charge is -2.16. The van der Waals surface area contributed by atoms with Crippen molar-refractivity contribution < 1.29 is 9.72 Å². The van der Waals surface area contributed by atoms with Crippen LogP contribution in [0.3, 0.4) is 0 Å². The van der Waals surface area contributed by atoms with Crippen LogP contribution in [0.15, 0.2) is 18.2 Å². The first-order chi connectivity index (χ1) is 9.02. The number of carbonyl (C=O) groups excluding carboxylic acids is 1. The zero-order valence-corrected chi connectivity index (χ0v) is 12.4. The molecule has 110 valence electrons. The van der Waals surface area contributed by atoms with Crippen LogP contribution in [0.1, 0.15) is 16.8 Å². The molecule has 1 aliphatic rings. The summed E-state index contributed by atoms with van der Waals surface area (Å²) in [6.45, 7) is 1.17. The smallest absolute Gasteiger partial charge is 0.283 e. The molecule has 1 aromatic carbocycles. The van der Waals surface area contributed by atoms with Gasteiger partial charge in [0.15, 0.2) is 0 Å². The summed E-state index contributed by atoms with van der Waals surface area (Å²) in [4.78, 5) is 24.3. The number of nitrogens with zero attached hydrogens (tertiary/aromatic N) is 2. The summed E-state index contributed by atoms with van der Waals surface area (Å²) in [6.07, 6.45) is 0.851. The van der Waals surface area contributed by atoms with E-state index < -0.39 is 4.92 Å². The molecule has 1 unspecified atom stereocenters. The Labute approximate surface area is 127 Å². The average molecular weight is 320 g/mol. The quantitative estimate of drug-likeness (QED) is 0.683. The van der Waals surface area contributed by atoms with Crippen LogP contribution in [0.4, 0.5) is 5.69 Å². The number of hydrogen-bond acceptors (Lipinski definition) is 4. The van der Waals surface area contributed by atoms with Crippen molar-refractivity contribution in [1.29, 1.82) is 0 Å². The standard InChI is InChI=1S/C12H14ClN3O3.ClH/c1-14-9-4-5-15(7-9)12(17)10-3-2-8(13)6-11(10)16(18)19;/h2-3,6,9,14H,4-5,7H2,1H3;1H. The summed E-state index contributed by atoms with van der Waals surface area (Å²) in [5.41, 5.74) is -0.156. The summed E-state index contributed by atoms with van der Waals surface area (Å²) in [6, 6.07) is 4.36. The fraction of sp³-hybridized carbons (Fsp3) is 0.417. The number of benzene rings is 1. The minimum atomic E-state index is -0.579. The van der Waals surface area contributed by atoms with Gasteiger partial charge < -0.3 is 10.2 Å². The number of amides is 1. The van der Waals surface area contributed by atoms with Crippen LogP contribution in [-0.2, 0) is 0 Å². The Balaban J connectivity index is 0.00000200. The molecule has 6 nitrogen and oxygen atoms in total. The number of rotatable bonds is 3. The van der Waals surface area contributed by atoms with Gasteiger partial charge in [-0.05, 0) is 25.6 Å². The van der Waals surface area contributed by atoms with Gasteiger partial charge >= 0.3 is 0 Å². The topological polar surface area (TPSA) is 75.5 Å². The minimum absolute atomic E-state index is 0. The monoisotopic (exact) mass is 319 g/mol. The molecule has 1 fully saturated rings. The molecule has 1 amide bonds. The van der Waals surface area contributed by atoms with E-state index >= 15 is 0 Å². The Morgan fingerprint density at radius 2 is 2.25 bits per heavy atom. The van der Waals surface area contributed by atoms with Gasteiger partial charge in [-0.3, -0.25) is 14.9 Å². The van der Waals surface area contributed by atoms with Crippen molar-refractivity contribution in [2.24, 2.45) is 0 Å². The van der Waals surface area contributed by atoms with Crippen molar-refractivity contribution in [3.63, 3.8) is 0 Å². The summed E-state index contributed by atoms with van der Waals surface area (Å²) < 4.78 is 0. The van der Waals surface area contributed by atoms with Crippen molar-refractivity contribution in [3.05, 3.63) is 38.9 Å². The van der Waals surface area contributed by atoms with E-state index in [4.69, 9.17) is 11.6 Å². The molecule has 1 aromatic rings. The van der Waals surface area contributed by atoms with Crippen LogP contribution in [0.25, 0.3) is 0 Å². The molecule has 1 saturated heterocycles. The van der Waals surface area contributed by atoms with E-state index in [-0.39, 0.29) is 40.6 Å². The number of likely N-dealkylation sites (N-methyl/N-ethyl adjacent to an activating group) is 1. The van der Waals surface area contributed by atoms with Crippen molar-refractivity contribution >= 4 is 35.6 Å². The summed E-state index contributed by atoms with van der Waals surface area (Å²) in [7, 11) is 1.84. The van der Waals surface area contributed by atoms with E-state index in [1.165, 1.54) is 18.2 Å². The van der Waals surface area contributed by atoms with Crippen molar-refractivity contribution in [3.8, 4) is 0 Å². The molecule has 0 spiro atoms. The van der Waals surface area contributed by atoms with E-state index in [0.717, 1.165) is 6.42 Å². The molecule has 0 aromatic heterocycles. The van der Waals surface area contributed by atoms with Gasteiger partial charge in [0.2, 0.25) is 0 Å². The number of nitro groups is 1. The maximum atomic E-state index is 12.3. The number of hydrogen-bond donors (Lipinski definition) is 1. The summed E-state index contributed by atoms with van der Waals surface area (Å²) in [5.74, 6) is -0.318. The van der Waals surface area contributed by atoms with Crippen LogP contribution in [0, 0.1) is 10.1 Å². The van der Waals surface area contributed by atoms with E-state index in [1.54, 1.807) is 4.90 Å². The maximum Gasteiger partial charge on any atom is 0.283 e. The predicted octanol–water partition coefficient (Wildman–Crippen LogP) is 2.10. The lowest BCUT2D eigenvalue weighted by atomic mass is 10.1. The molecule has 8 heteroatoms. The van der Waals surface area contributed by atoms with Gasteiger partial charge in [-0.15, -0.1) is 12.4 Å². The molecule has 20 heavy (non-hydrogen) atoms. The number of likely N-dealkylation sites (tertiary alicyclic amines) is 1. The van der Waals surface area contributed by atoms with Crippen LogP contribution in [0.5, 0.6) is 0 Å². The second kappa shape index (κ2) is 6.88. The number of halogens is 2. The molecule has 0 radical (unpaired) electrons. The fourth-order valence-corrected chi connectivity index (χ4v) is 2.35. The third-order valence-corrected chi connectivity index (χ3v) is 3.51. The normalized spacial score (nSPS) is 17.7. The Morgan fingerprint density at radius 3 is 2.80 bits per heavy atom. The van der Waals surface area contributed by atoms with Gasteiger partial charge in [-0.2, -0.15) is 0 Å². The second-order valence-electron chi connectivity index (χ2n) is 4.44. The largest absolute Gasteiger partial charge is 0.337 e. The van der Waals surface area contributed by atoms with Gasteiger partial charge in [0.25, 0.3) is 11.6 Å². The number of nitro benzene ring substituents is 1. The van der Waals surface area contributed by atoms with Gasteiger partial charge in [0, 0.05) is 30.2 Å². The van der Waals surface area contributed by atoms with Crippen molar-refractivity contribution in [2.45, 2.75) is 12.5 Å². The Bertz CT molecular complexity index is 525.